The van der Waals surface area contributed by atoms with Crippen molar-refractivity contribution >= 4 is 35.1 Å². The lowest BCUT2D eigenvalue weighted by Crippen LogP contribution is -2.28. The fourth-order valence-electron chi connectivity index (χ4n) is 2.33. The summed E-state index contributed by atoms with van der Waals surface area (Å²) in [5.74, 6) is 0.712. The second kappa shape index (κ2) is 6.53. The summed E-state index contributed by atoms with van der Waals surface area (Å²) in [5, 5.41) is 0. The van der Waals surface area contributed by atoms with E-state index in [4.69, 9.17) is 11.6 Å². The Hall–Kier alpha value is -1.16. The second-order valence-electron chi connectivity index (χ2n) is 4.75. The maximum atomic E-state index is 5.82. The standard InChI is InChI=1S/C16H17ClN2S/c17-11-6-12-18-13-14-7-4-5-10-16(14)19(20-18)15-8-2-1-3-9-15/h1-5,7-10H,6,11-13H2. The van der Waals surface area contributed by atoms with E-state index in [1.54, 1.807) is 12.1 Å². The average Bonchev–Trinajstić information content (AvgIpc) is 2.53. The van der Waals surface area contributed by atoms with Crippen LogP contribution in [0.25, 0.3) is 0 Å². The van der Waals surface area contributed by atoms with E-state index in [-0.39, 0.29) is 0 Å². The molecule has 0 fully saturated rings. The Morgan fingerprint density at radius 2 is 1.75 bits per heavy atom. The molecule has 0 aliphatic carbocycles. The summed E-state index contributed by atoms with van der Waals surface area (Å²) in [6.45, 7) is 1.98. The predicted molar refractivity (Wildman–Crippen MR) is 88.4 cm³/mol. The predicted octanol–water partition coefficient (Wildman–Crippen LogP) is 4.83. The van der Waals surface area contributed by atoms with E-state index < -0.39 is 0 Å². The number of anilines is 2. The topological polar surface area (TPSA) is 6.48 Å². The van der Waals surface area contributed by atoms with Crippen molar-refractivity contribution in [3.63, 3.8) is 0 Å². The minimum absolute atomic E-state index is 0.712. The summed E-state index contributed by atoms with van der Waals surface area (Å²) in [6.07, 6.45) is 1.01. The smallest absolute Gasteiger partial charge is 0.0582 e. The normalized spacial score (nSPS) is 15.2. The molecule has 20 heavy (non-hydrogen) atoms. The summed E-state index contributed by atoms with van der Waals surface area (Å²) < 4.78 is 4.67. The van der Waals surface area contributed by atoms with Gasteiger partial charge in [-0.3, -0.25) is 4.31 Å². The number of hydrogen-bond donors (Lipinski definition) is 0. The van der Waals surface area contributed by atoms with Crippen molar-refractivity contribution in [1.29, 1.82) is 0 Å². The third kappa shape index (κ3) is 2.95. The summed E-state index contributed by atoms with van der Waals surface area (Å²) in [7, 11) is 0. The highest BCUT2D eigenvalue weighted by Gasteiger charge is 2.24. The maximum Gasteiger partial charge on any atom is 0.0582 e. The van der Waals surface area contributed by atoms with E-state index in [0.717, 1.165) is 19.5 Å². The van der Waals surface area contributed by atoms with Gasteiger partial charge in [0.2, 0.25) is 0 Å². The number of nitrogens with zero attached hydrogens (tertiary/aromatic N) is 2. The number of benzene rings is 2. The highest BCUT2D eigenvalue weighted by molar-refractivity contribution is 7.98. The molecule has 1 aliphatic rings. The fourth-order valence-corrected chi connectivity index (χ4v) is 3.57. The molecule has 0 bridgehead atoms. The number of rotatable bonds is 4. The highest BCUT2D eigenvalue weighted by Crippen LogP contribution is 2.41. The van der Waals surface area contributed by atoms with Crippen molar-refractivity contribution in [3.8, 4) is 0 Å². The molecule has 2 aromatic rings. The van der Waals surface area contributed by atoms with E-state index >= 15 is 0 Å². The summed E-state index contributed by atoms with van der Waals surface area (Å²) in [6, 6.07) is 19.1. The molecule has 0 unspecified atom stereocenters. The van der Waals surface area contributed by atoms with Gasteiger partial charge in [-0.25, -0.2) is 4.31 Å². The molecule has 104 valence electrons. The molecule has 0 saturated heterocycles. The Balaban J connectivity index is 1.91. The third-order valence-electron chi connectivity index (χ3n) is 3.29. The van der Waals surface area contributed by atoms with Crippen molar-refractivity contribution in [1.82, 2.24) is 4.31 Å². The van der Waals surface area contributed by atoms with Crippen LogP contribution in [-0.4, -0.2) is 16.7 Å². The van der Waals surface area contributed by atoms with Gasteiger partial charge in [0.25, 0.3) is 0 Å². The number of para-hydroxylation sites is 2. The van der Waals surface area contributed by atoms with Gasteiger partial charge in [-0.05, 0) is 30.2 Å². The molecule has 0 atom stereocenters. The van der Waals surface area contributed by atoms with E-state index in [9.17, 15) is 0 Å². The Morgan fingerprint density at radius 1 is 1.00 bits per heavy atom. The van der Waals surface area contributed by atoms with Crippen molar-refractivity contribution in [2.24, 2.45) is 0 Å². The van der Waals surface area contributed by atoms with Gasteiger partial charge in [0.1, 0.15) is 0 Å². The first-order chi connectivity index (χ1) is 9.88. The minimum atomic E-state index is 0.712. The van der Waals surface area contributed by atoms with Gasteiger partial charge in [-0.15, -0.1) is 11.6 Å². The first-order valence-electron chi connectivity index (χ1n) is 6.80. The van der Waals surface area contributed by atoms with Crippen LogP contribution >= 0.6 is 23.7 Å². The van der Waals surface area contributed by atoms with E-state index in [2.05, 4.69) is 63.2 Å². The van der Waals surface area contributed by atoms with Crippen LogP contribution in [0.3, 0.4) is 0 Å². The van der Waals surface area contributed by atoms with Crippen LogP contribution in [0, 0.1) is 0 Å². The molecule has 0 amide bonds. The van der Waals surface area contributed by atoms with Crippen LogP contribution in [0.5, 0.6) is 0 Å². The molecule has 1 aliphatic heterocycles. The van der Waals surface area contributed by atoms with Crippen molar-refractivity contribution in [3.05, 3.63) is 60.2 Å². The molecular weight excluding hydrogens is 288 g/mol. The molecule has 0 radical (unpaired) electrons. The van der Waals surface area contributed by atoms with Gasteiger partial charge in [-0.2, -0.15) is 0 Å². The van der Waals surface area contributed by atoms with Gasteiger partial charge < -0.3 is 0 Å². The second-order valence-corrected chi connectivity index (χ2v) is 6.17. The number of hydrogen-bond acceptors (Lipinski definition) is 3. The van der Waals surface area contributed by atoms with Gasteiger partial charge in [0.15, 0.2) is 0 Å². The largest absolute Gasteiger partial charge is 0.271 e. The molecule has 3 rings (SSSR count). The monoisotopic (exact) mass is 304 g/mol. The van der Waals surface area contributed by atoms with Crippen LogP contribution < -0.4 is 4.31 Å². The zero-order valence-electron chi connectivity index (χ0n) is 11.2. The molecule has 4 heteroatoms. The van der Waals surface area contributed by atoms with Crippen LogP contribution in [-0.2, 0) is 6.54 Å². The van der Waals surface area contributed by atoms with Gasteiger partial charge >= 0.3 is 0 Å². The van der Waals surface area contributed by atoms with Crippen molar-refractivity contribution in [2.45, 2.75) is 13.0 Å². The summed E-state index contributed by atoms with van der Waals surface area (Å²) >= 11 is 7.60. The fraction of sp³-hybridized carbons (Fsp3) is 0.250. The average molecular weight is 305 g/mol. The molecule has 0 N–H and O–H groups in total. The molecule has 0 spiro atoms. The van der Waals surface area contributed by atoms with Gasteiger partial charge in [0.05, 0.1) is 11.4 Å². The van der Waals surface area contributed by atoms with E-state index in [0.29, 0.717) is 5.88 Å². The van der Waals surface area contributed by atoms with Crippen molar-refractivity contribution in [2.75, 3.05) is 16.7 Å². The molecule has 0 aromatic heterocycles. The quantitative estimate of drug-likeness (QED) is 0.590. The summed E-state index contributed by atoms with van der Waals surface area (Å²) in [5.41, 5.74) is 3.86. The Morgan fingerprint density at radius 3 is 2.55 bits per heavy atom. The molecule has 2 aromatic carbocycles. The molecular formula is C16H17ClN2S. The molecule has 0 saturated carbocycles. The first-order valence-corrected chi connectivity index (χ1v) is 8.07. The van der Waals surface area contributed by atoms with Gasteiger partial charge in [-0.1, -0.05) is 36.4 Å². The van der Waals surface area contributed by atoms with Crippen molar-refractivity contribution < 1.29 is 0 Å². The lowest BCUT2D eigenvalue weighted by molar-refractivity contribution is 0.461. The van der Waals surface area contributed by atoms with E-state index in [1.807, 2.05) is 0 Å². The maximum absolute atomic E-state index is 5.82. The highest BCUT2D eigenvalue weighted by atomic mass is 35.5. The number of fused-ring (bicyclic) bond motifs is 1. The Bertz CT molecular complexity index is 561. The van der Waals surface area contributed by atoms with E-state index in [1.165, 1.54) is 16.9 Å². The Kier molecular flexibility index (Phi) is 4.51. The number of alkyl halides is 1. The number of halogens is 1. The first kappa shape index (κ1) is 13.8. The Labute approximate surface area is 129 Å². The third-order valence-corrected chi connectivity index (χ3v) is 4.67. The molecule has 2 nitrogen and oxygen atoms in total. The zero-order chi connectivity index (χ0) is 13.8. The lowest BCUT2D eigenvalue weighted by Gasteiger charge is -2.36. The summed E-state index contributed by atoms with van der Waals surface area (Å²) in [4.78, 5) is 0. The molecule has 1 heterocycles. The van der Waals surface area contributed by atoms with Gasteiger partial charge in [0, 0.05) is 31.1 Å². The lowest BCUT2D eigenvalue weighted by atomic mass is 10.1. The van der Waals surface area contributed by atoms with Crippen LogP contribution in [0.4, 0.5) is 11.4 Å². The van der Waals surface area contributed by atoms with Crippen LogP contribution in [0.2, 0.25) is 0 Å². The van der Waals surface area contributed by atoms with Crippen LogP contribution in [0.1, 0.15) is 12.0 Å². The minimum Gasteiger partial charge on any atom is -0.271 e. The van der Waals surface area contributed by atoms with Crippen LogP contribution in [0.15, 0.2) is 54.6 Å². The zero-order valence-corrected chi connectivity index (χ0v) is 12.8. The SMILES string of the molecule is ClCCCN1Cc2ccccc2N(c2ccccc2)S1.